The predicted octanol–water partition coefficient (Wildman–Crippen LogP) is 1.68. The number of fused-ring (bicyclic) bond motifs is 1. The molecule has 2 aromatic rings. The Kier molecular flexibility index (Phi) is 5.22. The lowest BCUT2D eigenvalue weighted by Gasteiger charge is -2.17. The third kappa shape index (κ3) is 3.85. The Bertz CT molecular complexity index is 837. The van der Waals surface area contributed by atoms with Gasteiger partial charge in [0.05, 0.1) is 24.4 Å². The molecule has 2 amide bonds. The van der Waals surface area contributed by atoms with Crippen molar-refractivity contribution in [2.45, 2.75) is 6.42 Å². The van der Waals surface area contributed by atoms with E-state index < -0.39 is 11.6 Å². The molecule has 0 unspecified atom stereocenters. The topological polar surface area (TPSA) is 71.5 Å². The summed E-state index contributed by atoms with van der Waals surface area (Å²) in [6.07, 6.45) is 1.54. The van der Waals surface area contributed by atoms with Crippen LogP contribution in [0.3, 0.4) is 0 Å². The van der Waals surface area contributed by atoms with Gasteiger partial charge in [-0.05, 0) is 23.8 Å². The standard InChI is InChI=1S/C18H17F2N3O3/c1-26-3-2-21-17(24)10-23-16-6-12(9-22-15(16)8-18(23)25)11-4-13(19)7-14(20)5-11/h4-7,9H,2-3,8,10H2,1H3,(H,21,24). The van der Waals surface area contributed by atoms with Crippen molar-refractivity contribution >= 4 is 17.5 Å². The summed E-state index contributed by atoms with van der Waals surface area (Å²) in [6, 6.07) is 4.77. The van der Waals surface area contributed by atoms with Crippen molar-refractivity contribution < 1.29 is 23.1 Å². The summed E-state index contributed by atoms with van der Waals surface area (Å²) in [7, 11) is 1.52. The summed E-state index contributed by atoms with van der Waals surface area (Å²) in [5, 5.41) is 2.65. The van der Waals surface area contributed by atoms with Crippen LogP contribution in [0.1, 0.15) is 5.69 Å². The number of benzene rings is 1. The van der Waals surface area contributed by atoms with Gasteiger partial charge in [0.1, 0.15) is 18.2 Å². The van der Waals surface area contributed by atoms with Gasteiger partial charge in [-0.15, -0.1) is 0 Å². The molecule has 6 nitrogen and oxygen atoms in total. The number of carbonyl (C=O) groups excluding carboxylic acids is 2. The van der Waals surface area contributed by atoms with E-state index in [0.29, 0.717) is 35.7 Å². The van der Waals surface area contributed by atoms with Gasteiger partial charge in [0, 0.05) is 31.5 Å². The van der Waals surface area contributed by atoms with Gasteiger partial charge in [0.25, 0.3) is 0 Å². The molecule has 1 N–H and O–H groups in total. The highest BCUT2D eigenvalue weighted by Gasteiger charge is 2.30. The van der Waals surface area contributed by atoms with Gasteiger partial charge >= 0.3 is 0 Å². The van der Waals surface area contributed by atoms with Gasteiger partial charge in [-0.2, -0.15) is 0 Å². The van der Waals surface area contributed by atoms with E-state index in [9.17, 15) is 18.4 Å². The number of nitrogens with one attached hydrogen (secondary N) is 1. The first kappa shape index (κ1) is 17.9. The van der Waals surface area contributed by atoms with E-state index in [1.54, 1.807) is 6.07 Å². The fraction of sp³-hybridized carbons (Fsp3) is 0.278. The summed E-state index contributed by atoms with van der Waals surface area (Å²) in [4.78, 5) is 29.7. The summed E-state index contributed by atoms with van der Waals surface area (Å²) in [5.74, 6) is -1.99. The number of methoxy groups -OCH3 is 1. The van der Waals surface area contributed by atoms with Crippen LogP contribution >= 0.6 is 0 Å². The lowest BCUT2D eigenvalue weighted by atomic mass is 10.1. The molecule has 0 saturated carbocycles. The molecule has 1 aliphatic rings. The zero-order chi connectivity index (χ0) is 18.7. The van der Waals surface area contributed by atoms with E-state index in [0.717, 1.165) is 6.07 Å². The minimum atomic E-state index is -0.703. The van der Waals surface area contributed by atoms with Crippen LogP contribution in [0.4, 0.5) is 14.5 Å². The third-order valence-corrected chi connectivity index (χ3v) is 3.98. The van der Waals surface area contributed by atoms with Crippen LogP contribution in [0.25, 0.3) is 11.1 Å². The number of nitrogens with zero attached hydrogens (tertiary/aromatic N) is 2. The normalized spacial score (nSPS) is 13.0. The number of carbonyl (C=O) groups is 2. The minimum absolute atomic E-state index is 0.0818. The number of amides is 2. The first-order valence-electron chi connectivity index (χ1n) is 7.99. The first-order chi connectivity index (χ1) is 12.5. The van der Waals surface area contributed by atoms with Crippen LogP contribution in [0.15, 0.2) is 30.5 Å². The van der Waals surface area contributed by atoms with Crippen LogP contribution in [-0.2, 0) is 20.7 Å². The fourth-order valence-electron chi connectivity index (χ4n) is 2.77. The van der Waals surface area contributed by atoms with E-state index in [1.165, 1.54) is 30.3 Å². The second-order valence-electron chi connectivity index (χ2n) is 5.85. The van der Waals surface area contributed by atoms with Gasteiger partial charge in [-0.3, -0.25) is 14.6 Å². The Labute approximate surface area is 148 Å². The molecule has 1 aromatic carbocycles. The van der Waals surface area contributed by atoms with E-state index >= 15 is 0 Å². The van der Waals surface area contributed by atoms with Gasteiger partial charge in [-0.1, -0.05) is 0 Å². The van der Waals surface area contributed by atoms with Crippen molar-refractivity contribution in [2.24, 2.45) is 0 Å². The molecule has 3 rings (SSSR count). The number of hydrogen-bond acceptors (Lipinski definition) is 4. The number of hydrogen-bond donors (Lipinski definition) is 1. The second kappa shape index (κ2) is 7.57. The molecule has 0 spiro atoms. The summed E-state index contributed by atoms with van der Waals surface area (Å²) < 4.78 is 31.8. The van der Waals surface area contributed by atoms with Crippen LogP contribution in [0, 0.1) is 11.6 Å². The first-order valence-corrected chi connectivity index (χ1v) is 7.99. The molecule has 0 radical (unpaired) electrons. The maximum Gasteiger partial charge on any atom is 0.240 e. The van der Waals surface area contributed by atoms with Crippen molar-refractivity contribution in [2.75, 3.05) is 31.7 Å². The van der Waals surface area contributed by atoms with Crippen molar-refractivity contribution in [3.63, 3.8) is 0 Å². The maximum atomic E-state index is 13.5. The Morgan fingerprint density at radius 3 is 2.65 bits per heavy atom. The lowest BCUT2D eigenvalue weighted by Crippen LogP contribution is -2.40. The average Bonchev–Trinajstić information content (AvgIpc) is 2.89. The highest BCUT2D eigenvalue weighted by molar-refractivity contribution is 6.05. The van der Waals surface area contributed by atoms with E-state index in [4.69, 9.17) is 4.74 Å². The van der Waals surface area contributed by atoms with Crippen LogP contribution < -0.4 is 10.2 Å². The quantitative estimate of drug-likeness (QED) is 0.795. The van der Waals surface area contributed by atoms with Crippen LogP contribution in [0.2, 0.25) is 0 Å². The molecule has 1 aromatic heterocycles. The van der Waals surface area contributed by atoms with E-state index in [2.05, 4.69) is 10.3 Å². The molecule has 0 saturated heterocycles. The van der Waals surface area contributed by atoms with Gasteiger partial charge in [0.2, 0.25) is 11.8 Å². The molecule has 0 atom stereocenters. The molecule has 0 fully saturated rings. The monoisotopic (exact) mass is 361 g/mol. The Balaban J connectivity index is 1.84. The molecule has 0 aliphatic carbocycles. The van der Waals surface area contributed by atoms with Gasteiger partial charge < -0.3 is 15.0 Å². The molecule has 136 valence electrons. The Morgan fingerprint density at radius 1 is 1.23 bits per heavy atom. The third-order valence-electron chi connectivity index (χ3n) is 3.98. The number of pyridine rings is 1. The summed E-state index contributed by atoms with van der Waals surface area (Å²) >= 11 is 0. The number of rotatable bonds is 6. The summed E-state index contributed by atoms with van der Waals surface area (Å²) in [6.45, 7) is 0.552. The summed E-state index contributed by atoms with van der Waals surface area (Å²) in [5.41, 5.74) is 1.77. The molecular weight excluding hydrogens is 344 g/mol. The SMILES string of the molecule is COCCNC(=O)CN1C(=O)Cc2ncc(-c3cc(F)cc(F)c3)cc21. The number of halogens is 2. The second-order valence-corrected chi connectivity index (χ2v) is 5.85. The lowest BCUT2D eigenvalue weighted by molar-refractivity contribution is -0.123. The largest absolute Gasteiger partial charge is 0.383 e. The highest BCUT2D eigenvalue weighted by Crippen LogP contribution is 2.32. The van der Waals surface area contributed by atoms with E-state index in [-0.39, 0.29) is 24.8 Å². The molecule has 26 heavy (non-hydrogen) atoms. The molecule has 0 bridgehead atoms. The zero-order valence-corrected chi connectivity index (χ0v) is 14.1. The van der Waals surface area contributed by atoms with Crippen molar-refractivity contribution in [1.82, 2.24) is 10.3 Å². The van der Waals surface area contributed by atoms with Crippen molar-refractivity contribution in [3.05, 3.63) is 47.8 Å². The fourth-order valence-corrected chi connectivity index (χ4v) is 2.77. The zero-order valence-electron chi connectivity index (χ0n) is 14.1. The number of aromatic nitrogens is 1. The Morgan fingerprint density at radius 2 is 1.96 bits per heavy atom. The van der Waals surface area contributed by atoms with E-state index in [1.807, 2.05) is 0 Å². The highest BCUT2D eigenvalue weighted by atomic mass is 19.1. The smallest absolute Gasteiger partial charge is 0.240 e. The maximum absolute atomic E-state index is 13.5. The van der Waals surface area contributed by atoms with Crippen LogP contribution in [0.5, 0.6) is 0 Å². The minimum Gasteiger partial charge on any atom is -0.383 e. The Hall–Kier alpha value is -2.87. The predicted molar refractivity (Wildman–Crippen MR) is 90.5 cm³/mol. The number of ether oxygens (including phenoxy) is 1. The molecule has 8 heteroatoms. The number of anilines is 1. The molecule has 2 heterocycles. The molecule has 1 aliphatic heterocycles. The van der Waals surface area contributed by atoms with Crippen molar-refractivity contribution in [1.29, 1.82) is 0 Å². The average molecular weight is 361 g/mol. The molecular formula is C18H17F2N3O3. The van der Waals surface area contributed by atoms with Crippen LogP contribution in [-0.4, -0.2) is 43.6 Å². The van der Waals surface area contributed by atoms with Gasteiger partial charge in [0.15, 0.2) is 0 Å². The van der Waals surface area contributed by atoms with Gasteiger partial charge in [-0.25, -0.2) is 8.78 Å². The van der Waals surface area contributed by atoms with Crippen molar-refractivity contribution in [3.8, 4) is 11.1 Å².